The summed E-state index contributed by atoms with van der Waals surface area (Å²) in [6.45, 7) is 1.34. The van der Waals surface area contributed by atoms with Crippen LogP contribution in [0.3, 0.4) is 0 Å². The van der Waals surface area contributed by atoms with Crippen molar-refractivity contribution in [3.8, 4) is 5.69 Å². The second kappa shape index (κ2) is 5.35. The number of hydrogen-bond donors (Lipinski definition) is 2. The van der Waals surface area contributed by atoms with E-state index in [2.05, 4.69) is 10.3 Å². The lowest BCUT2D eigenvalue weighted by molar-refractivity contribution is -0.114. The Balaban J connectivity index is 2.50. The van der Waals surface area contributed by atoms with Gasteiger partial charge in [-0.25, -0.2) is 9.78 Å². The molecule has 0 saturated carbocycles. The lowest BCUT2D eigenvalue weighted by atomic mass is 10.2. The highest BCUT2D eigenvalue weighted by Gasteiger charge is 2.07. The number of aromatic nitrogens is 2. The van der Waals surface area contributed by atoms with Crippen molar-refractivity contribution in [3.63, 3.8) is 0 Å². The molecule has 7 heteroatoms. The van der Waals surface area contributed by atoms with Gasteiger partial charge in [-0.2, -0.15) is 0 Å². The van der Waals surface area contributed by atoms with Gasteiger partial charge in [0.05, 0.1) is 11.3 Å². The van der Waals surface area contributed by atoms with Crippen LogP contribution in [-0.4, -0.2) is 26.5 Å². The van der Waals surface area contributed by atoms with E-state index in [-0.39, 0.29) is 22.8 Å². The maximum atomic E-state index is 11.8. The van der Waals surface area contributed by atoms with Crippen LogP contribution in [0.15, 0.2) is 41.5 Å². The Hall–Kier alpha value is -2.96. The summed E-state index contributed by atoms with van der Waals surface area (Å²) < 4.78 is 1.18. The molecule has 2 N–H and O–H groups in total. The Morgan fingerprint density at radius 2 is 2.05 bits per heavy atom. The smallest absolute Gasteiger partial charge is 0.337 e. The summed E-state index contributed by atoms with van der Waals surface area (Å²) in [7, 11) is 0. The van der Waals surface area contributed by atoms with Gasteiger partial charge in [-0.15, -0.1) is 0 Å². The average Bonchev–Trinajstić information content (AvgIpc) is 2.38. The second-order valence-corrected chi connectivity index (χ2v) is 4.01. The number of carboxylic acid groups (broad SMARTS) is 1. The third kappa shape index (κ3) is 2.89. The molecule has 102 valence electrons. The molecule has 0 radical (unpaired) electrons. The Morgan fingerprint density at radius 3 is 2.70 bits per heavy atom. The molecule has 0 atom stereocenters. The number of pyridine rings is 2. The number of amides is 1. The zero-order valence-corrected chi connectivity index (χ0v) is 10.5. The molecular weight excluding hydrogens is 262 g/mol. The van der Waals surface area contributed by atoms with Crippen LogP contribution in [0.2, 0.25) is 0 Å². The normalized spacial score (nSPS) is 10.1. The quantitative estimate of drug-likeness (QED) is 0.864. The Bertz CT molecular complexity index is 736. The van der Waals surface area contributed by atoms with Gasteiger partial charge in [0.25, 0.3) is 5.56 Å². The summed E-state index contributed by atoms with van der Waals surface area (Å²) in [5, 5.41) is 11.4. The minimum Gasteiger partial charge on any atom is -0.478 e. The van der Waals surface area contributed by atoms with Crippen molar-refractivity contribution < 1.29 is 14.7 Å². The van der Waals surface area contributed by atoms with Gasteiger partial charge in [-0.3, -0.25) is 14.2 Å². The minimum atomic E-state index is -1.13. The van der Waals surface area contributed by atoms with Gasteiger partial charge >= 0.3 is 5.97 Å². The molecule has 20 heavy (non-hydrogen) atoms. The van der Waals surface area contributed by atoms with Gasteiger partial charge < -0.3 is 10.4 Å². The van der Waals surface area contributed by atoms with E-state index in [1.807, 2.05) is 0 Å². The maximum Gasteiger partial charge on any atom is 0.337 e. The van der Waals surface area contributed by atoms with E-state index >= 15 is 0 Å². The highest BCUT2D eigenvalue weighted by Crippen LogP contribution is 2.11. The fraction of sp³-hybridized carbons (Fsp3) is 0.0769. The van der Waals surface area contributed by atoms with Crippen LogP contribution >= 0.6 is 0 Å². The summed E-state index contributed by atoms with van der Waals surface area (Å²) in [6, 6.07) is 5.42. The van der Waals surface area contributed by atoms with Crippen LogP contribution in [0.25, 0.3) is 5.69 Å². The van der Waals surface area contributed by atoms with Gasteiger partial charge in [0.1, 0.15) is 5.82 Å². The van der Waals surface area contributed by atoms with Gasteiger partial charge in [-0.1, -0.05) is 0 Å². The van der Waals surface area contributed by atoms with Crippen LogP contribution < -0.4 is 10.9 Å². The van der Waals surface area contributed by atoms with E-state index in [9.17, 15) is 14.4 Å². The Morgan fingerprint density at radius 1 is 1.30 bits per heavy atom. The number of aromatic carboxylic acids is 1. The van der Waals surface area contributed by atoms with E-state index in [4.69, 9.17) is 5.11 Å². The predicted octanol–water partition coefficient (Wildman–Crippen LogP) is 0.889. The molecule has 1 amide bonds. The summed E-state index contributed by atoms with van der Waals surface area (Å²) in [4.78, 5) is 37.6. The number of carbonyl (C=O) groups excluding carboxylic acids is 1. The van der Waals surface area contributed by atoms with E-state index in [0.29, 0.717) is 5.69 Å². The number of rotatable bonds is 3. The lowest BCUT2D eigenvalue weighted by Crippen LogP contribution is -2.19. The molecule has 2 aromatic rings. The van der Waals surface area contributed by atoms with Gasteiger partial charge in [0.2, 0.25) is 5.91 Å². The van der Waals surface area contributed by atoms with E-state index < -0.39 is 5.97 Å². The van der Waals surface area contributed by atoms with E-state index in [1.165, 1.54) is 42.1 Å². The predicted molar refractivity (Wildman–Crippen MR) is 71.1 cm³/mol. The molecule has 0 aromatic carbocycles. The van der Waals surface area contributed by atoms with E-state index in [0.717, 1.165) is 0 Å². The largest absolute Gasteiger partial charge is 0.478 e. The number of carboxylic acids is 1. The molecule has 0 aliphatic carbocycles. The summed E-state index contributed by atoms with van der Waals surface area (Å²) in [5.74, 6) is -1.14. The number of carbonyl (C=O) groups is 2. The SMILES string of the molecule is CC(=O)Nc1cc(-n2cc(C(=O)O)ccc2=O)ccn1. The Kier molecular flexibility index (Phi) is 3.60. The first-order valence-electron chi connectivity index (χ1n) is 5.67. The first-order valence-corrected chi connectivity index (χ1v) is 5.67. The van der Waals surface area contributed by atoms with Crippen LogP contribution in [-0.2, 0) is 4.79 Å². The van der Waals surface area contributed by atoms with Crippen molar-refractivity contribution in [1.82, 2.24) is 9.55 Å². The molecule has 2 heterocycles. The monoisotopic (exact) mass is 273 g/mol. The summed E-state index contributed by atoms with van der Waals surface area (Å²) in [6.07, 6.45) is 2.64. The van der Waals surface area contributed by atoms with Gasteiger partial charge in [-0.05, 0) is 12.1 Å². The zero-order valence-electron chi connectivity index (χ0n) is 10.5. The van der Waals surface area contributed by atoms with Crippen molar-refractivity contribution in [1.29, 1.82) is 0 Å². The van der Waals surface area contributed by atoms with Crippen LogP contribution in [0.4, 0.5) is 5.82 Å². The summed E-state index contributed by atoms with van der Waals surface area (Å²) in [5.41, 5.74) is 0.0225. The van der Waals surface area contributed by atoms with Crippen molar-refractivity contribution in [2.24, 2.45) is 0 Å². The molecule has 0 fully saturated rings. The van der Waals surface area contributed by atoms with Crippen LogP contribution in [0, 0.1) is 0 Å². The molecule has 0 spiro atoms. The molecule has 0 bridgehead atoms. The highest BCUT2D eigenvalue weighted by atomic mass is 16.4. The third-order valence-electron chi connectivity index (χ3n) is 2.48. The van der Waals surface area contributed by atoms with Crippen molar-refractivity contribution >= 4 is 17.7 Å². The number of nitrogens with one attached hydrogen (secondary N) is 1. The van der Waals surface area contributed by atoms with Gasteiger partial charge in [0.15, 0.2) is 0 Å². The first-order chi connectivity index (χ1) is 9.47. The third-order valence-corrected chi connectivity index (χ3v) is 2.48. The molecule has 0 aliphatic rings. The molecule has 0 aliphatic heterocycles. The van der Waals surface area contributed by atoms with Gasteiger partial charge in [0, 0.05) is 31.5 Å². The molecule has 7 nitrogen and oxygen atoms in total. The highest BCUT2D eigenvalue weighted by molar-refractivity contribution is 5.88. The number of hydrogen-bond acceptors (Lipinski definition) is 4. The molecule has 2 rings (SSSR count). The maximum absolute atomic E-state index is 11.8. The zero-order chi connectivity index (χ0) is 14.7. The molecule has 0 saturated heterocycles. The first kappa shape index (κ1) is 13.5. The van der Waals surface area contributed by atoms with Crippen LogP contribution in [0.5, 0.6) is 0 Å². The molecule has 0 unspecified atom stereocenters. The van der Waals surface area contributed by atoms with Crippen LogP contribution in [0.1, 0.15) is 17.3 Å². The summed E-state index contributed by atoms with van der Waals surface area (Å²) >= 11 is 0. The topological polar surface area (TPSA) is 101 Å². The van der Waals surface area contributed by atoms with Crippen molar-refractivity contribution in [2.75, 3.05) is 5.32 Å². The van der Waals surface area contributed by atoms with E-state index in [1.54, 1.807) is 6.07 Å². The Labute approximate surface area is 113 Å². The standard InChI is InChI=1S/C13H11N3O4/c1-8(17)15-11-6-10(4-5-14-11)16-7-9(13(19)20)2-3-12(16)18/h2-7H,1H3,(H,19,20)(H,14,15,17). The molecule has 2 aromatic heterocycles. The fourth-order valence-electron chi connectivity index (χ4n) is 1.63. The minimum absolute atomic E-state index is 0.0116. The van der Waals surface area contributed by atoms with Crippen molar-refractivity contribution in [3.05, 3.63) is 52.6 Å². The lowest BCUT2D eigenvalue weighted by Gasteiger charge is -2.08. The second-order valence-electron chi connectivity index (χ2n) is 4.01. The number of nitrogens with zero attached hydrogens (tertiary/aromatic N) is 2. The average molecular weight is 273 g/mol. The number of anilines is 1. The molecular formula is C13H11N3O4. The fourth-order valence-corrected chi connectivity index (χ4v) is 1.63. The van der Waals surface area contributed by atoms with Crippen molar-refractivity contribution in [2.45, 2.75) is 6.92 Å².